The Hall–Kier alpha value is -1.65. The van der Waals surface area contributed by atoms with Gasteiger partial charge in [0, 0.05) is 16.8 Å². The molecular weight excluding hydrogens is 298 g/mol. The van der Waals surface area contributed by atoms with E-state index in [9.17, 15) is 4.79 Å². The van der Waals surface area contributed by atoms with E-state index in [1.54, 1.807) is 22.7 Å². The van der Waals surface area contributed by atoms with Crippen molar-refractivity contribution in [2.45, 2.75) is 19.8 Å². The fraction of sp³-hybridized carbons (Fsp3) is 0.235. The van der Waals surface area contributed by atoms with Gasteiger partial charge < -0.3 is 5.32 Å². The summed E-state index contributed by atoms with van der Waals surface area (Å²) in [6.45, 7) is 2.83. The molecule has 0 aliphatic heterocycles. The number of fused-ring (bicyclic) bond motifs is 1. The fourth-order valence-corrected chi connectivity index (χ4v) is 4.58. The standard InChI is InChI=1S/C17H17NOS2/c1-2-14-10-13-11-15(21-17(13)20-14)16(19)18-9-8-12-6-4-3-5-7-12/h3-7,10-11H,2,8-9H2,1H3,(H,18,19). The van der Waals surface area contributed by atoms with Gasteiger partial charge in [-0.25, -0.2) is 0 Å². The number of nitrogens with one attached hydrogen (secondary N) is 1. The molecule has 0 saturated heterocycles. The Kier molecular flexibility index (Phi) is 4.36. The Labute approximate surface area is 132 Å². The molecule has 0 bridgehead atoms. The second-order valence-corrected chi connectivity index (χ2v) is 7.36. The van der Waals surface area contributed by atoms with Crippen LogP contribution >= 0.6 is 22.7 Å². The maximum atomic E-state index is 12.2. The molecule has 2 nitrogen and oxygen atoms in total. The second kappa shape index (κ2) is 6.41. The molecule has 21 heavy (non-hydrogen) atoms. The lowest BCUT2D eigenvalue weighted by atomic mass is 10.1. The number of hydrogen-bond donors (Lipinski definition) is 1. The minimum absolute atomic E-state index is 0.0392. The SMILES string of the molecule is CCc1cc2cc(C(=O)NCCc3ccccc3)sc2s1. The predicted molar refractivity (Wildman–Crippen MR) is 91.6 cm³/mol. The van der Waals surface area contributed by atoms with E-state index in [1.165, 1.54) is 19.8 Å². The smallest absolute Gasteiger partial charge is 0.261 e. The molecule has 3 aromatic rings. The van der Waals surface area contributed by atoms with E-state index in [0.717, 1.165) is 17.7 Å². The molecule has 3 rings (SSSR count). The summed E-state index contributed by atoms with van der Waals surface area (Å²) >= 11 is 3.39. The molecule has 4 heteroatoms. The largest absolute Gasteiger partial charge is 0.351 e. The summed E-state index contributed by atoms with van der Waals surface area (Å²) in [4.78, 5) is 14.4. The van der Waals surface area contributed by atoms with Crippen molar-refractivity contribution in [3.63, 3.8) is 0 Å². The summed E-state index contributed by atoms with van der Waals surface area (Å²) < 4.78 is 1.25. The Bertz CT molecular complexity index is 711. The van der Waals surface area contributed by atoms with Gasteiger partial charge in [-0.3, -0.25) is 4.79 Å². The lowest BCUT2D eigenvalue weighted by molar-refractivity contribution is 0.0958. The Morgan fingerprint density at radius 2 is 1.95 bits per heavy atom. The fourth-order valence-electron chi connectivity index (χ4n) is 2.23. The molecule has 2 aromatic heterocycles. The molecule has 0 aliphatic carbocycles. The zero-order valence-corrected chi connectivity index (χ0v) is 13.5. The Morgan fingerprint density at radius 3 is 2.67 bits per heavy atom. The van der Waals surface area contributed by atoms with Gasteiger partial charge >= 0.3 is 0 Å². The maximum absolute atomic E-state index is 12.2. The summed E-state index contributed by atoms with van der Waals surface area (Å²) in [5, 5.41) is 4.21. The molecule has 0 spiro atoms. The first-order chi connectivity index (χ1) is 10.3. The van der Waals surface area contributed by atoms with Gasteiger partial charge in [0.25, 0.3) is 5.91 Å². The highest BCUT2D eigenvalue weighted by molar-refractivity contribution is 7.39. The van der Waals surface area contributed by atoms with Gasteiger partial charge in [0.15, 0.2) is 0 Å². The van der Waals surface area contributed by atoms with E-state index in [4.69, 9.17) is 0 Å². The van der Waals surface area contributed by atoms with Crippen LogP contribution in [0.15, 0.2) is 42.5 Å². The number of carbonyl (C=O) groups excluding carboxylic acids is 1. The highest BCUT2D eigenvalue weighted by Gasteiger charge is 2.11. The highest BCUT2D eigenvalue weighted by Crippen LogP contribution is 2.33. The predicted octanol–water partition coefficient (Wildman–Crippen LogP) is 4.50. The average Bonchev–Trinajstić information content (AvgIpc) is 3.06. The second-order valence-electron chi connectivity index (χ2n) is 4.91. The van der Waals surface area contributed by atoms with Crippen LogP contribution in [0.25, 0.3) is 9.40 Å². The Morgan fingerprint density at radius 1 is 1.14 bits per heavy atom. The van der Waals surface area contributed by atoms with Gasteiger partial charge in [-0.05, 0) is 30.5 Å². The molecule has 1 amide bonds. The van der Waals surface area contributed by atoms with Crippen LogP contribution in [-0.4, -0.2) is 12.5 Å². The van der Waals surface area contributed by atoms with Gasteiger partial charge in [-0.1, -0.05) is 37.3 Å². The number of aryl methyl sites for hydroxylation is 1. The van der Waals surface area contributed by atoms with Crippen molar-refractivity contribution in [1.82, 2.24) is 5.32 Å². The van der Waals surface area contributed by atoms with Crippen LogP contribution in [-0.2, 0) is 12.8 Å². The van der Waals surface area contributed by atoms with E-state index in [-0.39, 0.29) is 5.91 Å². The number of thiophene rings is 2. The normalized spacial score (nSPS) is 10.9. The molecular formula is C17H17NOS2. The lowest BCUT2D eigenvalue weighted by Crippen LogP contribution is -2.24. The van der Waals surface area contributed by atoms with Crippen LogP contribution in [0.2, 0.25) is 0 Å². The van der Waals surface area contributed by atoms with Gasteiger partial charge in [-0.15, -0.1) is 22.7 Å². The van der Waals surface area contributed by atoms with Crippen molar-refractivity contribution >= 4 is 38.0 Å². The van der Waals surface area contributed by atoms with Crippen LogP contribution < -0.4 is 5.32 Å². The number of carbonyl (C=O) groups is 1. The van der Waals surface area contributed by atoms with Crippen LogP contribution in [0, 0.1) is 0 Å². The van der Waals surface area contributed by atoms with Crippen LogP contribution in [0.5, 0.6) is 0 Å². The van der Waals surface area contributed by atoms with E-state index in [2.05, 4.69) is 30.4 Å². The van der Waals surface area contributed by atoms with Gasteiger partial charge in [0.1, 0.15) is 0 Å². The molecule has 108 valence electrons. The summed E-state index contributed by atoms with van der Waals surface area (Å²) in [5.74, 6) is 0.0392. The molecule has 0 atom stereocenters. The van der Waals surface area contributed by atoms with Crippen molar-refractivity contribution in [2.24, 2.45) is 0 Å². The van der Waals surface area contributed by atoms with E-state index < -0.39 is 0 Å². The van der Waals surface area contributed by atoms with E-state index in [1.807, 2.05) is 24.3 Å². The number of amides is 1. The van der Waals surface area contributed by atoms with Gasteiger partial charge in [0.2, 0.25) is 0 Å². The molecule has 1 N–H and O–H groups in total. The van der Waals surface area contributed by atoms with Crippen LogP contribution in [0.4, 0.5) is 0 Å². The van der Waals surface area contributed by atoms with Crippen molar-refractivity contribution in [3.8, 4) is 0 Å². The highest BCUT2D eigenvalue weighted by atomic mass is 32.2. The summed E-state index contributed by atoms with van der Waals surface area (Å²) in [7, 11) is 0. The third kappa shape index (κ3) is 3.34. The quantitative estimate of drug-likeness (QED) is 0.738. The zero-order chi connectivity index (χ0) is 14.7. The Balaban J connectivity index is 1.60. The number of hydrogen-bond acceptors (Lipinski definition) is 3. The summed E-state index contributed by atoms with van der Waals surface area (Å²) in [6.07, 6.45) is 1.93. The first kappa shape index (κ1) is 14.3. The number of rotatable bonds is 5. The van der Waals surface area contributed by atoms with Gasteiger partial charge in [-0.2, -0.15) is 0 Å². The third-order valence-corrected chi connectivity index (χ3v) is 5.91. The minimum atomic E-state index is 0.0392. The average molecular weight is 315 g/mol. The monoisotopic (exact) mass is 315 g/mol. The van der Waals surface area contributed by atoms with Crippen molar-refractivity contribution < 1.29 is 4.79 Å². The molecule has 0 saturated carbocycles. The first-order valence-corrected chi connectivity index (χ1v) is 8.74. The van der Waals surface area contributed by atoms with Crippen LogP contribution in [0.3, 0.4) is 0 Å². The zero-order valence-electron chi connectivity index (χ0n) is 11.9. The number of benzene rings is 1. The van der Waals surface area contributed by atoms with Crippen LogP contribution in [0.1, 0.15) is 27.0 Å². The maximum Gasteiger partial charge on any atom is 0.261 e. The summed E-state index contributed by atoms with van der Waals surface area (Å²) in [5.41, 5.74) is 1.25. The molecule has 0 unspecified atom stereocenters. The van der Waals surface area contributed by atoms with Crippen molar-refractivity contribution in [1.29, 1.82) is 0 Å². The van der Waals surface area contributed by atoms with Crippen molar-refractivity contribution in [3.05, 3.63) is 57.8 Å². The third-order valence-electron chi connectivity index (χ3n) is 3.38. The molecule has 0 radical (unpaired) electrons. The molecule has 2 heterocycles. The molecule has 0 aliphatic rings. The topological polar surface area (TPSA) is 29.1 Å². The molecule has 0 fully saturated rings. The lowest BCUT2D eigenvalue weighted by Gasteiger charge is -2.03. The van der Waals surface area contributed by atoms with Gasteiger partial charge in [0.05, 0.1) is 8.89 Å². The molecule has 1 aromatic carbocycles. The van der Waals surface area contributed by atoms with E-state index >= 15 is 0 Å². The minimum Gasteiger partial charge on any atom is -0.351 e. The first-order valence-electron chi connectivity index (χ1n) is 7.10. The van der Waals surface area contributed by atoms with E-state index in [0.29, 0.717) is 6.54 Å². The van der Waals surface area contributed by atoms with Crippen molar-refractivity contribution in [2.75, 3.05) is 6.54 Å². The summed E-state index contributed by atoms with van der Waals surface area (Å²) in [6, 6.07) is 14.4.